The number of aryl methyl sites for hydroxylation is 1. The Morgan fingerprint density at radius 1 is 1.04 bits per heavy atom. The first-order chi connectivity index (χ1) is 12.9. The third-order valence-electron chi connectivity index (χ3n) is 4.48. The molecule has 2 N–H and O–H groups in total. The number of carbonyl (C=O) groups excluding carboxylic acids is 3. The van der Waals surface area contributed by atoms with Gasteiger partial charge in [-0.3, -0.25) is 14.4 Å². The van der Waals surface area contributed by atoms with Crippen molar-refractivity contribution < 1.29 is 19.0 Å². The van der Waals surface area contributed by atoms with Crippen LogP contribution in [0.4, 0.5) is 11.6 Å². The largest absolute Gasteiger partial charge is 0.339 e. The van der Waals surface area contributed by atoms with Gasteiger partial charge in [0.05, 0.1) is 0 Å². The molecule has 142 valence electrons. The molecule has 0 saturated carbocycles. The van der Waals surface area contributed by atoms with E-state index in [0.717, 1.165) is 5.56 Å². The molecule has 2 aromatic rings. The summed E-state index contributed by atoms with van der Waals surface area (Å²) in [6.45, 7) is 4.29. The highest BCUT2D eigenvalue weighted by molar-refractivity contribution is 5.97. The molecule has 27 heavy (non-hydrogen) atoms. The van der Waals surface area contributed by atoms with Crippen molar-refractivity contribution >= 4 is 29.4 Å². The topological polar surface area (TPSA) is 117 Å². The lowest BCUT2D eigenvalue weighted by Gasteiger charge is -2.31. The second-order valence-corrected chi connectivity index (χ2v) is 6.56. The van der Waals surface area contributed by atoms with Gasteiger partial charge in [-0.05, 0) is 42.2 Å². The number of carbonyl (C=O) groups is 3. The maximum Gasteiger partial charge on any atom is 0.253 e. The van der Waals surface area contributed by atoms with E-state index in [4.69, 9.17) is 0 Å². The summed E-state index contributed by atoms with van der Waals surface area (Å²) in [7, 11) is 0. The maximum atomic E-state index is 12.5. The third-order valence-corrected chi connectivity index (χ3v) is 4.48. The zero-order chi connectivity index (χ0) is 19.4. The van der Waals surface area contributed by atoms with E-state index in [0.29, 0.717) is 31.5 Å². The molecule has 1 saturated heterocycles. The highest BCUT2D eigenvalue weighted by atomic mass is 16.6. The molecule has 0 radical (unpaired) electrons. The van der Waals surface area contributed by atoms with Crippen LogP contribution in [-0.4, -0.2) is 46.0 Å². The zero-order valence-electron chi connectivity index (χ0n) is 15.2. The number of nitrogens with one attached hydrogen (secondary N) is 2. The van der Waals surface area contributed by atoms with Gasteiger partial charge in [0.1, 0.15) is 0 Å². The Labute approximate surface area is 156 Å². The van der Waals surface area contributed by atoms with Crippen LogP contribution in [0.3, 0.4) is 0 Å². The monoisotopic (exact) mass is 371 g/mol. The average Bonchev–Trinajstić information content (AvgIpc) is 3.08. The maximum absolute atomic E-state index is 12.5. The van der Waals surface area contributed by atoms with Gasteiger partial charge in [-0.25, -0.2) is 4.63 Å². The number of nitrogens with zero attached hydrogens (tertiary/aromatic N) is 3. The Bertz CT molecular complexity index is 838. The van der Waals surface area contributed by atoms with Crippen molar-refractivity contribution in [2.24, 2.45) is 5.92 Å². The number of hydrogen-bond acceptors (Lipinski definition) is 6. The molecule has 1 aliphatic rings. The fourth-order valence-corrected chi connectivity index (χ4v) is 2.96. The minimum atomic E-state index is -0.343. The van der Waals surface area contributed by atoms with E-state index in [2.05, 4.69) is 25.6 Å². The first-order valence-electron chi connectivity index (χ1n) is 8.71. The number of hydrogen-bond donors (Lipinski definition) is 2. The van der Waals surface area contributed by atoms with E-state index in [1.165, 1.54) is 6.92 Å². The summed E-state index contributed by atoms with van der Waals surface area (Å²) in [6.07, 6.45) is 1.09. The predicted molar refractivity (Wildman–Crippen MR) is 97.0 cm³/mol. The Morgan fingerprint density at radius 2 is 1.63 bits per heavy atom. The molecular formula is C18H21N5O4. The second kappa shape index (κ2) is 7.98. The molecule has 0 atom stereocenters. The second-order valence-electron chi connectivity index (χ2n) is 6.56. The van der Waals surface area contributed by atoms with Crippen molar-refractivity contribution in [3.05, 3.63) is 35.4 Å². The minimum Gasteiger partial charge on any atom is -0.339 e. The summed E-state index contributed by atoms with van der Waals surface area (Å²) in [5, 5.41) is 12.2. The summed E-state index contributed by atoms with van der Waals surface area (Å²) in [6, 6.07) is 7.45. The number of rotatable bonds is 4. The summed E-state index contributed by atoms with van der Waals surface area (Å²) >= 11 is 0. The lowest BCUT2D eigenvalue weighted by atomic mass is 9.95. The van der Waals surface area contributed by atoms with Gasteiger partial charge >= 0.3 is 0 Å². The molecule has 0 bridgehead atoms. The number of anilines is 2. The van der Waals surface area contributed by atoms with Gasteiger partial charge in [0.2, 0.25) is 23.5 Å². The first-order valence-corrected chi connectivity index (χ1v) is 8.71. The average molecular weight is 371 g/mol. The third kappa shape index (κ3) is 4.49. The van der Waals surface area contributed by atoms with Crippen LogP contribution in [-0.2, 0) is 9.59 Å². The van der Waals surface area contributed by atoms with E-state index in [9.17, 15) is 14.4 Å². The van der Waals surface area contributed by atoms with Gasteiger partial charge in [-0.2, -0.15) is 0 Å². The smallest absolute Gasteiger partial charge is 0.253 e. The lowest BCUT2D eigenvalue weighted by Crippen LogP contribution is -2.41. The van der Waals surface area contributed by atoms with Crippen molar-refractivity contribution in [2.75, 3.05) is 23.7 Å². The van der Waals surface area contributed by atoms with Crippen LogP contribution in [0.25, 0.3) is 0 Å². The van der Waals surface area contributed by atoms with Crippen LogP contribution in [0.1, 0.15) is 35.7 Å². The first kappa shape index (κ1) is 18.6. The van der Waals surface area contributed by atoms with Crippen LogP contribution in [0.15, 0.2) is 28.9 Å². The van der Waals surface area contributed by atoms with Gasteiger partial charge in [0.15, 0.2) is 0 Å². The van der Waals surface area contributed by atoms with E-state index >= 15 is 0 Å². The summed E-state index contributed by atoms with van der Waals surface area (Å²) in [5.74, 6) is -0.712. The van der Waals surface area contributed by atoms with Gasteiger partial charge in [0, 0.05) is 31.5 Å². The normalized spacial score (nSPS) is 14.7. The molecule has 0 unspecified atom stereocenters. The van der Waals surface area contributed by atoms with Crippen LogP contribution in [0, 0.1) is 12.8 Å². The van der Waals surface area contributed by atoms with Gasteiger partial charge < -0.3 is 15.5 Å². The van der Waals surface area contributed by atoms with Crippen molar-refractivity contribution in [3.63, 3.8) is 0 Å². The Hall–Kier alpha value is -3.23. The van der Waals surface area contributed by atoms with Crippen LogP contribution < -0.4 is 10.6 Å². The molecule has 1 fully saturated rings. The fourth-order valence-electron chi connectivity index (χ4n) is 2.96. The standard InChI is InChI=1S/C18H21N5O4/c1-11-3-5-14(6-4-11)18(26)23-9-7-13(8-10-23)17(25)20-16-15(19-12(2)24)21-27-22-16/h3-6,13H,7-10H2,1-2H3,(H,19,21,24)(H,20,22,25). The van der Waals surface area contributed by atoms with Crippen molar-refractivity contribution in [3.8, 4) is 0 Å². The zero-order valence-corrected chi connectivity index (χ0v) is 15.2. The highest BCUT2D eigenvalue weighted by Gasteiger charge is 2.29. The molecular weight excluding hydrogens is 350 g/mol. The SMILES string of the molecule is CC(=O)Nc1nonc1NC(=O)C1CCN(C(=O)c2ccc(C)cc2)CC1. The molecule has 0 aliphatic carbocycles. The van der Waals surface area contributed by atoms with Crippen LogP contribution in [0.5, 0.6) is 0 Å². The molecule has 3 rings (SSSR count). The minimum absolute atomic E-state index is 0.0255. The van der Waals surface area contributed by atoms with E-state index in [1.54, 1.807) is 4.90 Å². The van der Waals surface area contributed by atoms with E-state index in [-0.39, 0.29) is 35.3 Å². The lowest BCUT2D eigenvalue weighted by molar-refractivity contribution is -0.121. The quantitative estimate of drug-likeness (QED) is 0.847. The van der Waals surface area contributed by atoms with Gasteiger partial charge in [-0.1, -0.05) is 17.7 Å². The number of benzene rings is 1. The molecule has 9 heteroatoms. The summed E-state index contributed by atoms with van der Waals surface area (Å²) in [4.78, 5) is 37.9. The Kier molecular flexibility index (Phi) is 5.49. The summed E-state index contributed by atoms with van der Waals surface area (Å²) < 4.78 is 4.56. The van der Waals surface area contributed by atoms with Gasteiger partial charge in [0.25, 0.3) is 5.91 Å². The molecule has 1 aliphatic heterocycles. The Balaban J connectivity index is 1.55. The number of amides is 3. The number of aromatic nitrogens is 2. The van der Waals surface area contributed by atoms with Crippen molar-refractivity contribution in [1.29, 1.82) is 0 Å². The van der Waals surface area contributed by atoms with E-state index < -0.39 is 0 Å². The molecule has 0 spiro atoms. The molecule has 3 amide bonds. The molecule has 1 aromatic heterocycles. The Morgan fingerprint density at radius 3 is 2.22 bits per heavy atom. The molecule has 2 heterocycles. The van der Waals surface area contributed by atoms with E-state index in [1.807, 2.05) is 31.2 Å². The summed E-state index contributed by atoms with van der Waals surface area (Å²) in [5.41, 5.74) is 1.75. The van der Waals surface area contributed by atoms with Crippen LogP contribution in [0.2, 0.25) is 0 Å². The van der Waals surface area contributed by atoms with Crippen molar-refractivity contribution in [1.82, 2.24) is 15.2 Å². The van der Waals surface area contributed by atoms with Crippen molar-refractivity contribution in [2.45, 2.75) is 26.7 Å². The van der Waals surface area contributed by atoms with Crippen LogP contribution >= 0.6 is 0 Å². The number of piperidine rings is 1. The fraction of sp³-hybridized carbons (Fsp3) is 0.389. The highest BCUT2D eigenvalue weighted by Crippen LogP contribution is 2.23. The van der Waals surface area contributed by atoms with Gasteiger partial charge in [-0.15, -0.1) is 0 Å². The predicted octanol–water partition coefficient (Wildman–Crippen LogP) is 1.83. The molecule has 1 aromatic carbocycles. The number of likely N-dealkylation sites (tertiary alicyclic amines) is 1. The molecule has 9 nitrogen and oxygen atoms in total.